The summed E-state index contributed by atoms with van der Waals surface area (Å²) in [7, 11) is 1.71. The fraction of sp³-hybridized carbons (Fsp3) is 0.625. The number of fused-ring (bicyclic) bond motifs is 1. The zero-order valence-electron chi connectivity index (χ0n) is 12.7. The zero-order chi connectivity index (χ0) is 14.7. The number of methoxy groups -OCH3 is 1. The summed E-state index contributed by atoms with van der Waals surface area (Å²) in [6.07, 6.45) is 1.34. The van der Waals surface area contributed by atoms with Crippen molar-refractivity contribution in [2.75, 3.05) is 33.5 Å². The molecule has 0 saturated carbocycles. The molecule has 5 nitrogen and oxygen atoms in total. The van der Waals surface area contributed by atoms with E-state index in [0.29, 0.717) is 19.8 Å². The molecule has 1 fully saturated rings. The summed E-state index contributed by atoms with van der Waals surface area (Å²) in [5, 5.41) is 3.41. The average molecular weight is 293 g/mol. The molecule has 2 aliphatic heterocycles. The van der Waals surface area contributed by atoms with Crippen molar-refractivity contribution in [1.29, 1.82) is 0 Å². The second kappa shape index (κ2) is 6.64. The van der Waals surface area contributed by atoms with Crippen LogP contribution in [0.2, 0.25) is 0 Å². The fourth-order valence-corrected chi connectivity index (χ4v) is 2.83. The molecule has 21 heavy (non-hydrogen) atoms. The first-order chi connectivity index (χ1) is 10.3. The normalized spacial score (nSPS) is 24.5. The van der Waals surface area contributed by atoms with Crippen LogP contribution in [0.1, 0.15) is 18.1 Å². The van der Waals surface area contributed by atoms with E-state index in [-0.39, 0.29) is 12.2 Å². The van der Waals surface area contributed by atoms with Gasteiger partial charge in [0.1, 0.15) is 17.6 Å². The maximum absolute atomic E-state index is 5.82. The van der Waals surface area contributed by atoms with Crippen molar-refractivity contribution in [2.45, 2.75) is 32.1 Å². The highest BCUT2D eigenvalue weighted by Crippen LogP contribution is 2.34. The molecule has 1 saturated heterocycles. The summed E-state index contributed by atoms with van der Waals surface area (Å²) < 4.78 is 22.3. The number of hydrogen-bond acceptors (Lipinski definition) is 5. The Morgan fingerprint density at radius 1 is 1.33 bits per heavy atom. The van der Waals surface area contributed by atoms with E-state index >= 15 is 0 Å². The van der Waals surface area contributed by atoms with Crippen molar-refractivity contribution in [3.63, 3.8) is 0 Å². The van der Waals surface area contributed by atoms with Crippen LogP contribution in [0, 0.1) is 0 Å². The van der Waals surface area contributed by atoms with Gasteiger partial charge in [-0.3, -0.25) is 0 Å². The van der Waals surface area contributed by atoms with Crippen LogP contribution in [0.3, 0.4) is 0 Å². The van der Waals surface area contributed by atoms with E-state index in [1.54, 1.807) is 7.11 Å². The summed E-state index contributed by atoms with van der Waals surface area (Å²) in [5.74, 6) is 1.90. The van der Waals surface area contributed by atoms with Crippen LogP contribution >= 0.6 is 0 Å². The van der Waals surface area contributed by atoms with Gasteiger partial charge >= 0.3 is 0 Å². The van der Waals surface area contributed by atoms with Crippen molar-refractivity contribution in [3.8, 4) is 11.5 Å². The molecular weight excluding hydrogens is 270 g/mol. The zero-order valence-corrected chi connectivity index (χ0v) is 12.7. The van der Waals surface area contributed by atoms with E-state index in [2.05, 4.69) is 24.4 Å². The van der Waals surface area contributed by atoms with Gasteiger partial charge in [0, 0.05) is 30.6 Å². The second-order valence-corrected chi connectivity index (χ2v) is 5.60. The van der Waals surface area contributed by atoms with Crippen LogP contribution in [-0.2, 0) is 22.4 Å². The van der Waals surface area contributed by atoms with Crippen molar-refractivity contribution in [3.05, 3.63) is 23.3 Å². The summed E-state index contributed by atoms with van der Waals surface area (Å²) in [4.78, 5) is 0. The molecule has 5 heteroatoms. The van der Waals surface area contributed by atoms with E-state index in [1.807, 2.05) is 0 Å². The first-order valence-electron chi connectivity index (χ1n) is 7.52. The lowest BCUT2D eigenvalue weighted by Crippen LogP contribution is -2.37. The van der Waals surface area contributed by atoms with Gasteiger partial charge in [-0.05, 0) is 19.1 Å². The smallest absolute Gasteiger partial charge is 0.123 e. The van der Waals surface area contributed by atoms with Gasteiger partial charge in [0.2, 0.25) is 0 Å². The fourth-order valence-electron chi connectivity index (χ4n) is 2.83. The van der Waals surface area contributed by atoms with Gasteiger partial charge in [-0.2, -0.15) is 0 Å². The van der Waals surface area contributed by atoms with Crippen LogP contribution in [-0.4, -0.2) is 45.7 Å². The SMILES string of the molecule is COc1cc2c(cc1CNCC1COCCO1)OC(C)C2. The minimum absolute atomic E-state index is 0.135. The summed E-state index contributed by atoms with van der Waals surface area (Å²) in [6, 6.07) is 4.18. The van der Waals surface area contributed by atoms with Crippen molar-refractivity contribution in [2.24, 2.45) is 0 Å². The number of benzene rings is 1. The van der Waals surface area contributed by atoms with Gasteiger partial charge < -0.3 is 24.3 Å². The van der Waals surface area contributed by atoms with E-state index in [1.165, 1.54) is 5.56 Å². The minimum atomic E-state index is 0.135. The Balaban J connectivity index is 1.60. The highest BCUT2D eigenvalue weighted by Gasteiger charge is 2.22. The van der Waals surface area contributed by atoms with Gasteiger partial charge in [-0.25, -0.2) is 0 Å². The summed E-state index contributed by atoms with van der Waals surface area (Å²) in [6.45, 7) is 5.64. The number of nitrogens with one attached hydrogen (secondary N) is 1. The standard InChI is InChI=1S/C16H23NO4/c1-11-5-12-6-15(18-2)13(7-16(12)21-11)8-17-9-14-10-19-3-4-20-14/h6-7,11,14,17H,3-5,8-10H2,1-2H3. The Bertz CT molecular complexity index is 485. The molecule has 2 atom stereocenters. The molecule has 2 aliphatic rings. The Kier molecular flexibility index (Phi) is 4.63. The molecule has 2 unspecified atom stereocenters. The number of hydrogen-bond donors (Lipinski definition) is 1. The van der Waals surface area contributed by atoms with Crippen LogP contribution in [0.15, 0.2) is 12.1 Å². The summed E-state index contributed by atoms with van der Waals surface area (Å²) >= 11 is 0. The number of rotatable bonds is 5. The molecule has 116 valence electrons. The van der Waals surface area contributed by atoms with Crippen LogP contribution < -0.4 is 14.8 Å². The molecule has 0 radical (unpaired) electrons. The first-order valence-corrected chi connectivity index (χ1v) is 7.52. The highest BCUT2D eigenvalue weighted by molar-refractivity contribution is 5.48. The number of ether oxygens (including phenoxy) is 4. The molecule has 1 aromatic carbocycles. The van der Waals surface area contributed by atoms with E-state index < -0.39 is 0 Å². The monoisotopic (exact) mass is 293 g/mol. The molecule has 3 rings (SSSR count). The Morgan fingerprint density at radius 2 is 2.24 bits per heavy atom. The summed E-state index contributed by atoms with van der Waals surface area (Å²) in [5.41, 5.74) is 2.34. The van der Waals surface area contributed by atoms with Crippen molar-refractivity contribution < 1.29 is 18.9 Å². The lowest BCUT2D eigenvalue weighted by molar-refractivity contribution is -0.0864. The predicted octanol–water partition coefficient (Wildman–Crippen LogP) is 1.52. The molecule has 2 heterocycles. The Morgan fingerprint density at radius 3 is 3.00 bits per heavy atom. The quantitative estimate of drug-likeness (QED) is 0.892. The molecule has 0 aliphatic carbocycles. The van der Waals surface area contributed by atoms with Crippen molar-refractivity contribution in [1.82, 2.24) is 5.32 Å². The molecule has 1 aromatic rings. The lowest BCUT2D eigenvalue weighted by Gasteiger charge is -2.23. The van der Waals surface area contributed by atoms with Gasteiger partial charge in [-0.15, -0.1) is 0 Å². The van der Waals surface area contributed by atoms with Crippen LogP contribution in [0.4, 0.5) is 0 Å². The third-order valence-electron chi connectivity index (χ3n) is 3.87. The molecule has 0 amide bonds. The Hall–Kier alpha value is -1.30. The second-order valence-electron chi connectivity index (χ2n) is 5.60. The first kappa shape index (κ1) is 14.6. The highest BCUT2D eigenvalue weighted by atomic mass is 16.6. The molecule has 1 N–H and O–H groups in total. The minimum Gasteiger partial charge on any atom is -0.496 e. The van der Waals surface area contributed by atoms with Crippen LogP contribution in [0.25, 0.3) is 0 Å². The van der Waals surface area contributed by atoms with Crippen LogP contribution in [0.5, 0.6) is 11.5 Å². The van der Waals surface area contributed by atoms with E-state index in [0.717, 1.165) is 36.6 Å². The largest absolute Gasteiger partial charge is 0.496 e. The van der Waals surface area contributed by atoms with E-state index in [9.17, 15) is 0 Å². The van der Waals surface area contributed by atoms with Gasteiger partial charge in [0.05, 0.1) is 33.0 Å². The third kappa shape index (κ3) is 3.48. The van der Waals surface area contributed by atoms with E-state index in [4.69, 9.17) is 18.9 Å². The molecule has 0 spiro atoms. The molecule has 0 bridgehead atoms. The average Bonchev–Trinajstić information content (AvgIpc) is 2.86. The van der Waals surface area contributed by atoms with Gasteiger partial charge in [-0.1, -0.05) is 0 Å². The lowest BCUT2D eigenvalue weighted by atomic mass is 10.1. The molecular formula is C16H23NO4. The molecule has 0 aromatic heterocycles. The Labute approximate surface area is 125 Å². The topological polar surface area (TPSA) is 49.0 Å². The maximum atomic E-state index is 5.82. The van der Waals surface area contributed by atoms with Crippen molar-refractivity contribution >= 4 is 0 Å². The predicted molar refractivity (Wildman–Crippen MR) is 79.1 cm³/mol. The van der Waals surface area contributed by atoms with Gasteiger partial charge in [0.25, 0.3) is 0 Å². The third-order valence-corrected chi connectivity index (χ3v) is 3.87. The maximum Gasteiger partial charge on any atom is 0.123 e. The van der Waals surface area contributed by atoms with Gasteiger partial charge in [0.15, 0.2) is 0 Å².